The van der Waals surface area contributed by atoms with Crippen molar-refractivity contribution in [2.24, 2.45) is 0 Å². The number of rotatable bonds is 7. The first-order valence-electron chi connectivity index (χ1n) is 17.5. The summed E-state index contributed by atoms with van der Waals surface area (Å²) in [6.45, 7) is 5.54. The van der Waals surface area contributed by atoms with E-state index in [1.807, 2.05) is 29.2 Å². The van der Waals surface area contributed by atoms with Crippen molar-refractivity contribution < 1.29 is 27.6 Å². The molecule has 1 atom stereocenters. The maximum absolute atomic E-state index is 14.1. The quantitative estimate of drug-likeness (QED) is 0.337. The van der Waals surface area contributed by atoms with Gasteiger partial charge < -0.3 is 36.0 Å². The van der Waals surface area contributed by atoms with Crippen LogP contribution in [0.3, 0.4) is 0 Å². The lowest BCUT2D eigenvalue weighted by molar-refractivity contribution is -0.137. The molecule has 0 spiro atoms. The number of hydrogen-bond donors (Lipinski definition) is 4. The monoisotopic (exact) mass is 718 g/mol. The van der Waals surface area contributed by atoms with Crippen molar-refractivity contribution in [1.29, 1.82) is 0 Å². The number of piperazine rings is 1. The maximum atomic E-state index is 14.1. The predicted octanol–water partition coefficient (Wildman–Crippen LogP) is 4.47. The molecule has 4 aliphatic rings. The van der Waals surface area contributed by atoms with Crippen LogP contribution in [0.4, 0.5) is 34.1 Å². The zero-order chi connectivity index (χ0) is 35.4. The number of alkyl halides is 3. The van der Waals surface area contributed by atoms with Gasteiger partial charge in [-0.3, -0.25) is 9.69 Å². The number of halogens is 4. The molecule has 0 saturated carbocycles. The van der Waals surface area contributed by atoms with Crippen molar-refractivity contribution in [3.63, 3.8) is 0 Å². The Hall–Kier alpha value is -3.75. The van der Waals surface area contributed by atoms with Crippen LogP contribution in [-0.2, 0) is 23.8 Å². The number of carbonyl (C=O) groups excluding carboxylic acids is 3. The predicted molar refractivity (Wildman–Crippen MR) is 187 cm³/mol. The Morgan fingerprint density at radius 3 is 2.32 bits per heavy atom. The molecule has 0 aromatic heterocycles. The second kappa shape index (κ2) is 15.6. The molecule has 5 amide bonds. The molecule has 0 bridgehead atoms. The highest BCUT2D eigenvalue weighted by molar-refractivity contribution is 6.33. The van der Waals surface area contributed by atoms with Crippen LogP contribution in [0.15, 0.2) is 36.4 Å². The molecular formula is C35H46ClF3N8O3. The highest BCUT2D eigenvalue weighted by Crippen LogP contribution is 2.39. The van der Waals surface area contributed by atoms with Crippen molar-refractivity contribution in [2.45, 2.75) is 62.8 Å². The van der Waals surface area contributed by atoms with Crippen LogP contribution >= 0.6 is 11.6 Å². The molecule has 272 valence electrons. The highest BCUT2D eigenvalue weighted by atomic mass is 35.5. The normalized spacial score (nSPS) is 20.5. The number of nitrogens with zero attached hydrogens (tertiary/aromatic N) is 4. The third-order valence-corrected chi connectivity index (χ3v) is 10.8. The van der Waals surface area contributed by atoms with Crippen LogP contribution in [0.1, 0.15) is 42.4 Å². The molecule has 4 aliphatic heterocycles. The van der Waals surface area contributed by atoms with Gasteiger partial charge in [0.25, 0.3) is 0 Å². The molecule has 4 heterocycles. The van der Waals surface area contributed by atoms with E-state index in [0.29, 0.717) is 64.7 Å². The molecule has 50 heavy (non-hydrogen) atoms. The number of fused-ring (bicyclic) bond motifs is 1. The number of urea groups is 2. The van der Waals surface area contributed by atoms with E-state index >= 15 is 0 Å². The number of hydrogen-bond acceptors (Lipinski definition) is 6. The molecular weight excluding hydrogens is 673 g/mol. The van der Waals surface area contributed by atoms with Crippen molar-refractivity contribution in [3.8, 4) is 0 Å². The van der Waals surface area contributed by atoms with Gasteiger partial charge in [-0.2, -0.15) is 13.2 Å². The molecule has 0 unspecified atom stereocenters. The second-order valence-corrected chi connectivity index (χ2v) is 14.0. The first kappa shape index (κ1) is 36.1. The second-order valence-electron chi connectivity index (χ2n) is 13.5. The maximum Gasteiger partial charge on any atom is 0.418 e. The molecule has 4 N–H and O–H groups in total. The molecule has 6 rings (SSSR count). The van der Waals surface area contributed by atoms with E-state index in [9.17, 15) is 27.6 Å². The van der Waals surface area contributed by atoms with Gasteiger partial charge in [0.2, 0.25) is 5.91 Å². The average Bonchev–Trinajstić information content (AvgIpc) is 3.29. The summed E-state index contributed by atoms with van der Waals surface area (Å²) in [5.41, 5.74) is 0.907. The molecule has 3 fully saturated rings. The number of piperidine rings is 2. The van der Waals surface area contributed by atoms with Crippen molar-refractivity contribution >= 4 is 40.9 Å². The van der Waals surface area contributed by atoms with Gasteiger partial charge in [0.1, 0.15) is 6.04 Å². The lowest BCUT2D eigenvalue weighted by Gasteiger charge is -2.42. The number of benzene rings is 2. The van der Waals surface area contributed by atoms with Crippen molar-refractivity contribution in [1.82, 2.24) is 30.2 Å². The fourth-order valence-corrected chi connectivity index (χ4v) is 8.09. The van der Waals surface area contributed by atoms with Gasteiger partial charge in [-0.1, -0.05) is 29.8 Å². The third-order valence-electron chi connectivity index (χ3n) is 10.5. The molecule has 3 saturated heterocycles. The minimum absolute atomic E-state index is 0.0596. The Morgan fingerprint density at radius 2 is 1.64 bits per heavy atom. The summed E-state index contributed by atoms with van der Waals surface area (Å²) < 4.78 is 42.1. The van der Waals surface area contributed by atoms with Gasteiger partial charge in [-0.15, -0.1) is 0 Å². The number of amides is 5. The van der Waals surface area contributed by atoms with E-state index in [4.69, 9.17) is 11.6 Å². The number of anilines is 2. The minimum atomic E-state index is -4.68. The summed E-state index contributed by atoms with van der Waals surface area (Å²) in [7, 11) is 1.37. The lowest BCUT2D eigenvalue weighted by atomic mass is 9.99. The van der Waals surface area contributed by atoms with Gasteiger partial charge >= 0.3 is 18.2 Å². The fourth-order valence-electron chi connectivity index (χ4n) is 7.75. The number of para-hydroxylation sites is 1. The summed E-state index contributed by atoms with van der Waals surface area (Å²) in [5.74, 6) is -0.332. The smallest absolute Gasteiger partial charge is 0.386 e. The highest BCUT2D eigenvalue weighted by Gasteiger charge is 2.37. The summed E-state index contributed by atoms with van der Waals surface area (Å²) in [5, 5.41) is 11.7. The summed E-state index contributed by atoms with van der Waals surface area (Å²) >= 11 is 6.30. The summed E-state index contributed by atoms with van der Waals surface area (Å²) in [6.07, 6.45) is -0.898. The first-order chi connectivity index (χ1) is 24.0. The Bertz CT molecular complexity index is 1540. The standard InChI is InChI=1S/C35H46ClF3N8O3/c1-40-31-27(35(37,38)39)20-23(21-28(31)36)22-30(32(48)45-18-16-44(17-19-45)25-6-11-41-12-7-25)43-33(49)46-13-9-26(10-14-46)47-15-8-24-4-2-3-5-29(24)42-34(47)50/h2-5,20-21,25-26,30,40-41H,6-19,22H2,1H3,(H,42,50)(H,43,49)/t30-/m1/s1. The van der Waals surface area contributed by atoms with Crippen molar-refractivity contribution in [3.05, 3.63) is 58.1 Å². The number of likely N-dealkylation sites (tertiary alicyclic amines) is 1. The molecule has 2 aromatic carbocycles. The van der Waals surface area contributed by atoms with Gasteiger partial charge in [-0.25, -0.2) is 9.59 Å². The largest absolute Gasteiger partial charge is 0.418 e. The van der Waals surface area contributed by atoms with Gasteiger partial charge in [0, 0.05) is 77.1 Å². The van der Waals surface area contributed by atoms with Crippen LogP contribution in [0.25, 0.3) is 0 Å². The van der Waals surface area contributed by atoms with Gasteiger partial charge in [-0.05, 0) is 74.5 Å². The Kier molecular flexibility index (Phi) is 11.3. The fraction of sp³-hybridized carbons (Fsp3) is 0.571. The molecule has 11 nitrogen and oxygen atoms in total. The van der Waals surface area contributed by atoms with E-state index in [0.717, 1.165) is 49.7 Å². The van der Waals surface area contributed by atoms with E-state index in [1.54, 1.807) is 9.80 Å². The van der Waals surface area contributed by atoms with Crippen LogP contribution in [-0.4, -0.2) is 122 Å². The minimum Gasteiger partial charge on any atom is -0.386 e. The van der Waals surface area contributed by atoms with Gasteiger partial charge in [0.15, 0.2) is 0 Å². The van der Waals surface area contributed by atoms with Crippen LogP contribution < -0.4 is 21.3 Å². The van der Waals surface area contributed by atoms with Crippen LogP contribution in [0.5, 0.6) is 0 Å². The topological polar surface area (TPSA) is 112 Å². The molecule has 15 heteroatoms. The van der Waals surface area contributed by atoms with E-state index in [1.165, 1.54) is 13.1 Å². The molecule has 0 aliphatic carbocycles. The summed E-state index contributed by atoms with van der Waals surface area (Å²) in [6, 6.07) is 8.82. The van der Waals surface area contributed by atoms with E-state index < -0.39 is 23.8 Å². The third kappa shape index (κ3) is 8.24. The molecule has 2 aromatic rings. The average molecular weight is 719 g/mol. The Balaban J connectivity index is 1.13. The summed E-state index contributed by atoms with van der Waals surface area (Å²) in [4.78, 5) is 48.4. The van der Waals surface area contributed by atoms with E-state index in [-0.39, 0.29) is 40.7 Å². The molecule has 0 radical (unpaired) electrons. The van der Waals surface area contributed by atoms with Crippen molar-refractivity contribution in [2.75, 3.05) is 76.6 Å². The first-order valence-corrected chi connectivity index (χ1v) is 17.9. The number of carbonyl (C=O) groups is 3. The van der Waals surface area contributed by atoms with Gasteiger partial charge in [0.05, 0.1) is 16.3 Å². The Labute approximate surface area is 295 Å². The van der Waals surface area contributed by atoms with Crippen LogP contribution in [0, 0.1) is 0 Å². The van der Waals surface area contributed by atoms with Crippen LogP contribution in [0.2, 0.25) is 5.02 Å². The lowest BCUT2D eigenvalue weighted by Crippen LogP contribution is -2.59. The Morgan fingerprint density at radius 1 is 0.940 bits per heavy atom. The van der Waals surface area contributed by atoms with E-state index in [2.05, 4.69) is 26.2 Å². The SMILES string of the molecule is CNc1c(Cl)cc(C[C@@H](NC(=O)N2CCC(N3CCc4ccccc4NC3=O)CC2)C(=O)N2CCN(C3CCNCC3)CC2)cc1C(F)(F)F. The zero-order valence-corrected chi connectivity index (χ0v) is 29.1. The number of nitrogens with one attached hydrogen (secondary N) is 4. The zero-order valence-electron chi connectivity index (χ0n) is 28.3.